The number of nitrogens with one attached hydrogen (secondary N) is 2. The van der Waals surface area contributed by atoms with Crippen LogP contribution in [0.1, 0.15) is 92.7 Å². The van der Waals surface area contributed by atoms with Gasteiger partial charge in [-0.3, -0.25) is 9.59 Å². The van der Waals surface area contributed by atoms with Gasteiger partial charge < -0.3 is 20.3 Å². The zero-order valence-corrected chi connectivity index (χ0v) is 22.1. The van der Waals surface area contributed by atoms with E-state index in [1.54, 1.807) is 25.7 Å². The molecule has 0 heterocycles. The molecule has 0 aliphatic heterocycles. The topological polar surface area (TPSA) is 87.7 Å². The SMILES string of the molecule is CC(C)CC(NC(=O)OC(C)(C)C)C(=O)N(C1CCC1)C(C(=O)NC(C)(C)C)c1ccccc1. The van der Waals surface area contributed by atoms with Crippen LogP contribution in [0.15, 0.2) is 30.3 Å². The quantitative estimate of drug-likeness (QED) is 0.558. The molecule has 7 heteroatoms. The molecule has 1 aromatic carbocycles. The fourth-order valence-corrected chi connectivity index (χ4v) is 4.02. The third kappa shape index (κ3) is 8.33. The van der Waals surface area contributed by atoms with E-state index in [0.29, 0.717) is 6.42 Å². The molecule has 1 fully saturated rings. The van der Waals surface area contributed by atoms with Crippen LogP contribution in [0, 0.1) is 5.92 Å². The first-order valence-corrected chi connectivity index (χ1v) is 12.4. The number of amides is 3. The number of rotatable bonds is 8. The van der Waals surface area contributed by atoms with Crippen LogP contribution < -0.4 is 10.6 Å². The van der Waals surface area contributed by atoms with Gasteiger partial charge in [0.1, 0.15) is 17.7 Å². The number of nitrogens with zero attached hydrogens (tertiary/aromatic N) is 1. The van der Waals surface area contributed by atoms with Gasteiger partial charge in [-0.25, -0.2) is 4.79 Å². The summed E-state index contributed by atoms with van der Waals surface area (Å²) in [6, 6.07) is 7.77. The zero-order valence-electron chi connectivity index (χ0n) is 22.1. The molecule has 2 rings (SSSR count). The summed E-state index contributed by atoms with van der Waals surface area (Å²) in [7, 11) is 0. The predicted molar refractivity (Wildman–Crippen MR) is 134 cm³/mol. The van der Waals surface area contributed by atoms with Gasteiger partial charge in [-0.2, -0.15) is 0 Å². The molecule has 2 unspecified atom stereocenters. The lowest BCUT2D eigenvalue weighted by Crippen LogP contribution is -2.58. The molecule has 2 N–H and O–H groups in total. The van der Waals surface area contributed by atoms with Crippen molar-refractivity contribution in [1.82, 2.24) is 15.5 Å². The predicted octanol–water partition coefficient (Wildman–Crippen LogP) is 4.96. The summed E-state index contributed by atoms with van der Waals surface area (Å²) in [5.41, 5.74) is -0.377. The first-order valence-electron chi connectivity index (χ1n) is 12.4. The molecule has 1 aliphatic carbocycles. The highest BCUT2D eigenvalue weighted by Crippen LogP contribution is 2.34. The van der Waals surface area contributed by atoms with Crippen LogP contribution in [-0.4, -0.2) is 46.0 Å². The van der Waals surface area contributed by atoms with Crippen molar-refractivity contribution in [1.29, 1.82) is 0 Å². The molecule has 2 atom stereocenters. The van der Waals surface area contributed by atoms with E-state index < -0.39 is 29.3 Å². The molecule has 0 saturated heterocycles. The van der Waals surface area contributed by atoms with Gasteiger partial charge in [0.25, 0.3) is 0 Å². The number of carbonyl (C=O) groups is 3. The normalized spacial score (nSPS) is 16.3. The van der Waals surface area contributed by atoms with Gasteiger partial charge in [0.2, 0.25) is 11.8 Å². The Morgan fingerprint density at radius 1 is 1.03 bits per heavy atom. The van der Waals surface area contributed by atoms with Gasteiger partial charge in [0.05, 0.1) is 0 Å². The number of ether oxygens (including phenoxy) is 1. The highest BCUT2D eigenvalue weighted by Gasteiger charge is 2.42. The lowest BCUT2D eigenvalue weighted by molar-refractivity contribution is -0.148. The lowest BCUT2D eigenvalue weighted by atomic mass is 9.87. The number of hydrogen-bond acceptors (Lipinski definition) is 4. The van der Waals surface area contributed by atoms with Crippen molar-refractivity contribution in [3.05, 3.63) is 35.9 Å². The fourth-order valence-electron chi connectivity index (χ4n) is 4.02. The van der Waals surface area contributed by atoms with Gasteiger partial charge >= 0.3 is 6.09 Å². The van der Waals surface area contributed by atoms with Gasteiger partial charge in [-0.05, 0) is 78.7 Å². The van der Waals surface area contributed by atoms with Crippen LogP contribution in [-0.2, 0) is 14.3 Å². The summed E-state index contributed by atoms with van der Waals surface area (Å²) < 4.78 is 5.44. The third-order valence-corrected chi connectivity index (χ3v) is 5.56. The first-order chi connectivity index (χ1) is 15.7. The molecule has 0 radical (unpaired) electrons. The van der Waals surface area contributed by atoms with E-state index in [0.717, 1.165) is 24.8 Å². The fraction of sp³-hybridized carbons (Fsp3) is 0.667. The molecule has 1 saturated carbocycles. The second-order valence-electron chi connectivity index (χ2n) is 11.7. The molecule has 34 heavy (non-hydrogen) atoms. The summed E-state index contributed by atoms with van der Waals surface area (Å²) in [6.45, 7) is 15.1. The van der Waals surface area contributed by atoms with Gasteiger partial charge in [0, 0.05) is 11.6 Å². The summed E-state index contributed by atoms with van der Waals surface area (Å²) in [6.07, 6.45) is 2.49. The molecule has 0 bridgehead atoms. The van der Waals surface area contributed by atoms with E-state index >= 15 is 0 Å². The molecule has 1 aliphatic rings. The second-order valence-corrected chi connectivity index (χ2v) is 11.7. The summed E-state index contributed by atoms with van der Waals surface area (Å²) in [4.78, 5) is 42.0. The van der Waals surface area contributed by atoms with Gasteiger partial charge in [0.15, 0.2) is 0 Å². The van der Waals surface area contributed by atoms with Crippen LogP contribution in [0.4, 0.5) is 4.79 Å². The van der Waals surface area contributed by atoms with Crippen molar-refractivity contribution in [2.75, 3.05) is 0 Å². The van der Waals surface area contributed by atoms with Gasteiger partial charge in [-0.1, -0.05) is 44.2 Å². The van der Waals surface area contributed by atoms with Crippen molar-refractivity contribution in [3.63, 3.8) is 0 Å². The Labute approximate surface area is 205 Å². The summed E-state index contributed by atoms with van der Waals surface area (Å²) >= 11 is 0. The second kappa shape index (κ2) is 11.2. The Morgan fingerprint density at radius 2 is 1.62 bits per heavy atom. The lowest BCUT2D eigenvalue weighted by Gasteiger charge is -2.44. The maximum atomic E-state index is 14.1. The van der Waals surface area contributed by atoms with Crippen LogP contribution in [0.25, 0.3) is 0 Å². The number of alkyl carbamates (subject to hydrolysis) is 1. The van der Waals surface area contributed by atoms with Crippen molar-refractivity contribution in [2.45, 2.75) is 110 Å². The third-order valence-electron chi connectivity index (χ3n) is 5.56. The summed E-state index contributed by atoms with van der Waals surface area (Å²) in [5.74, 6) is -0.313. The Balaban J connectivity index is 2.46. The maximum Gasteiger partial charge on any atom is 0.408 e. The van der Waals surface area contributed by atoms with Crippen molar-refractivity contribution in [3.8, 4) is 0 Å². The average Bonchev–Trinajstić information content (AvgIpc) is 2.62. The molecular formula is C27H43N3O4. The van der Waals surface area contributed by atoms with Crippen LogP contribution in [0.3, 0.4) is 0 Å². The van der Waals surface area contributed by atoms with Crippen molar-refractivity contribution < 1.29 is 19.1 Å². The number of hydrogen-bond donors (Lipinski definition) is 2. The molecule has 7 nitrogen and oxygen atoms in total. The zero-order chi connectivity index (χ0) is 25.7. The number of benzene rings is 1. The number of carbonyl (C=O) groups excluding carboxylic acids is 3. The van der Waals surface area contributed by atoms with E-state index in [4.69, 9.17) is 4.74 Å². The maximum absolute atomic E-state index is 14.1. The molecule has 190 valence electrons. The highest BCUT2D eigenvalue weighted by atomic mass is 16.6. The minimum Gasteiger partial charge on any atom is -0.444 e. The standard InChI is InChI=1S/C27H43N3O4/c1-18(2)17-21(28-25(33)34-27(6,7)8)24(32)30(20-15-12-16-20)22(19-13-10-9-11-14-19)23(31)29-26(3,4)5/h9-11,13-14,18,20-22H,12,15-17H2,1-8H3,(H,28,33)(H,29,31). The van der Waals surface area contributed by atoms with E-state index in [-0.39, 0.29) is 23.8 Å². The van der Waals surface area contributed by atoms with Gasteiger partial charge in [-0.15, -0.1) is 0 Å². The van der Waals surface area contributed by atoms with E-state index in [9.17, 15) is 14.4 Å². The first kappa shape index (κ1) is 27.7. The molecule has 3 amide bonds. The Hall–Kier alpha value is -2.57. The Kier molecular flexibility index (Phi) is 9.15. The Bertz CT molecular complexity index is 836. The molecule has 0 aromatic heterocycles. The Morgan fingerprint density at radius 3 is 2.06 bits per heavy atom. The molecular weight excluding hydrogens is 430 g/mol. The minimum absolute atomic E-state index is 0.0569. The minimum atomic E-state index is -0.788. The largest absolute Gasteiger partial charge is 0.444 e. The average molecular weight is 474 g/mol. The van der Waals surface area contributed by atoms with Crippen molar-refractivity contribution >= 4 is 17.9 Å². The van der Waals surface area contributed by atoms with Crippen LogP contribution in [0.5, 0.6) is 0 Å². The molecule has 1 aromatic rings. The van der Waals surface area contributed by atoms with Crippen LogP contribution >= 0.6 is 0 Å². The van der Waals surface area contributed by atoms with E-state index in [1.165, 1.54) is 0 Å². The monoisotopic (exact) mass is 473 g/mol. The van der Waals surface area contributed by atoms with Crippen LogP contribution in [0.2, 0.25) is 0 Å². The highest BCUT2D eigenvalue weighted by molar-refractivity contribution is 5.92. The smallest absolute Gasteiger partial charge is 0.408 e. The van der Waals surface area contributed by atoms with E-state index in [2.05, 4.69) is 10.6 Å². The van der Waals surface area contributed by atoms with E-state index in [1.807, 2.05) is 65.0 Å². The van der Waals surface area contributed by atoms with Crippen molar-refractivity contribution in [2.24, 2.45) is 5.92 Å². The summed E-state index contributed by atoms with van der Waals surface area (Å²) in [5, 5.41) is 5.86. The molecule has 0 spiro atoms.